The number of carbonyl (C=O) groups excluding carboxylic acids is 3. The van der Waals surface area contributed by atoms with Crippen LogP contribution in [0.1, 0.15) is 89.2 Å². The Morgan fingerprint density at radius 2 is 1.60 bits per heavy atom. The number of amides is 2. The minimum Gasteiger partial charge on any atom is -0.483 e. The van der Waals surface area contributed by atoms with Crippen molar-refractivity contribution in [3.63, 3.8) is 0 Å². The molecule has 0 radical (unpaired) electrons. The smallest absolute Gasteiger partial charge is 0.407 e. The summed E-state index contributed by atoms with van der Waals surface area (Å²) in [5.41, 5.74) is 6.30. The summed E-state index contributed by atoms with van der Waals surface area (Å²) in [5, 5.41) is 5.37. The molecule has 2 aromatic heterocycles. The Labute approximate surface area is 365 Å². The zero-order valence-corrected chi connectivity index (χ0v) is 37.0. The predicted molar refractivity (Wildman–Crippen MR) is 239 cm³/mol. The highest BCUT2D eigenvalue weighted by atomic mass is 16.5. The van der Waals surface area contributed by atoms with E-state index in [2.05, 4.69) is 101 Å². The second-order valence-electron chi connectivity index (χ2n) is 15.4. The molecule has 4 N–H and O–H groups in total. The summed E-state index contributed by atoms with van der Waals surface area (Å²) < 4.78 is 21.6. The number of fused-ring (bicyclic) bond motifs is 2. The fourth-order valence-electron chi connectivity index (χ4n) is 7.36. The van der Waals surface area contributed by atoms with Gasteiger partial charge in [0.15, 0.2) is 5.88 Å². The number of hydrogen-bond donors (Lipinski definition) is 4. The molecule has 3 fully saturated rings. The van der Waals surface area contributed by atoms with Crippen LogP contribution in [-0.2, 0) is 29.2 Å². The van der Waals surface area contributed by atoms with Crippen molar-refractivity contribution in [2.75, 3.05) is 60.2 Å². The number of carbonyl (C=O) groups is 2. The number of nitrogens with zero attached hydrogens (tertiary/aromatic N) is 4. The number of nitrogens with one attached hydrogen (secondary N) is 4. The van der Waals surface area contributed by atoms with E-state index in [0.717, 1.165) is 89.7 Å². The van der Waals surface area contributed by atoms with Crippen molar-refractivity contribution in [3.8, 4) is 28.3 Å². The second-order valence-corrected chi connectivity index (χ2v) is 15.4. The minimum atomic E-state index is -0.531. The van der Waals surface area contributed by atoms with Crippen LogP contribution in [0.3, 0.4) is 0 Å². The van der Waals surface area contributed by atoms with Crippen molar-refractivity contribution in [2.24, 2.45) is 0 Å². The van der Waals surface area contributed by atoms with Gasteiger partial charge in [0, 0.05) is 36.3 Å². The Morgan fingerprint density at radius 1 is 0.903 bits per heavy atom. The van der Waals surface area contributed by atoms with Crippen LogP contribution < -0.4 is 15.4 Å². The van der Waals surface area contributed by atoms with Gasteiger partial charge < -0.3 is 49.3 Å². The number of aromatic amines is 2. The molecule has 4 aliphatic rings. The number of likely N-dealkylation sites (tertiary alicyclic amines) is 2. The molecule has 4 aromatic rings. The van der Waals surface area contributed by atoms with Crippen LogP contribution in [0.25, 0.3) is 28.3 Å². The van der Waals surface area contributed by atoms with Gasteiger partial charge in [-0.2, -0.15) is 0 Å². The van der Waals surface area contributed by atoms with Crippen molar-refractivity contribution >= 4 is 23.7 Å². The number of hydrogen-bond acceptors (Lipinski definition) is 11. The molecule has 15 nitrogen and oxygen atoms in total. The third-order valence-electron chi connectivity index (χ3n) is 10.5. The van der Waals surface area contributed by atoms with Crippen molar-refractivity contribution in [1.82, 2.24) is 40.4 Å². The third kappa shape index (κ3) is 11.7. The molecule has 3 saturated heterocycles. The number of ether oxygens (including phenoxy) is 4. The average molecular weight is 851 g/mol. The van der Waals surface area contributed by atoms with E-state index in [1.54, 1.807) is 6.33 Å². The molecule has 8 rings (SSSR count). The third-order valence-corrected chi connectivity index (χ3v) is 10.5. The van der Waals surface area contributed by atoms with E-state index in [-0.39, 0.29) is 30.5 Å². The van der Waals surface area contributed by atoms with Gasteiger partial charge in [-0.1, -0.05) is 64.8 Å². The van der Waals surface area contributed by atoms with Crippen molar-refractivity contribution in [2.45, 2.75) is 77.7 Å². The molecule has 0 aliphatic carbocycles. The van der Waals surface area contributed by atoms with Gasteiger partial charge in [0.05, 0.1) is 82.1 Å². The number of alkyl carbamates (subject to hydrolysis) is 1. The maximum absolute atomic E-state index is 12.9. The standard InChI is InChI=1S/C32H32N6O4.C9H14N2O3.2C3H8/c1-20(40-2)34-16-30(39)38-11-3-4-27(38)31-35-15-26(37-31)23-9-10-28-24(12-23)32(17-41-18-32)13-29(42-28)22-7-5-21(6-8-22)25-14-33-19-36-25;1-14-9(13)10-6-8(7-12)11-4-2-3-5-11;2*1-3-2/h5-10,12-15,19,27,34H,1,3-4,11,16-18H2,2H3,(H,33,36)(H,35,37);2-6H2,1H3,(H,10,13);2*3H2,1-2H3/t27-;;;/m0.../s1. The highest BCUT2D eigenvalue weighted by molar-refractivity contribution is 5.79. The molecule has 15 heteroatoms. The Balaban J connectivity index is 0.000000304. The molecule has 0 saturated carbocycles. The van der Waals surface area contributed by atoms with Gasteiger partial charge in [-0.25, -0.2) is 19.6 Å². The molecule has 0 unspecified atom stereocenters. The second kappa shape index (κ2) is 23.1. The molecule has 332 valence electrons. The van der Waals surface area contributed by atoms with E-state index >= 15 is 0 Å². The van der Waals surface area contributed by atoms with Gasteiger partial charge >= 0.3 is 6.09 Å². The van der Waals surface area contributed by atoms with Crippen molar-refractivity contribution < 1.29 is 33.3 Å². The first-order valence-electron chi connectivity index (χ1n) is 21.5. The molecule has 1 spiro atoms. The first kappa shape index (κ1) is 46.8. The van der Waals surface area contributed by atoms with Gasteiger partial charge in [0.25, 0.3) is 0 Å². The van der Waals surface area contributed by atoms with E-state index in [1.165, 1.54) is 27.1 Å². The number of aromatic nitrogens is 4. The highest BCUT2D eigenvalue weighted by Gasteiger charge is 2.44. The van der Waals surface area contributed by atoms with Crippen molar-refractivity contribution in [3.05, 3.63) is 102 Å². The summed E-state index contributed by atoms with van der Waals surface area (Å²) in [5.74, 6) is 4.65. The Morgan fingerprint density at radius 3 is 2.21 bits per heavy atom. The lowest BCUT2D eigenvalue weighted by molar-refractivity contribution is -0.131. The normalized spacial score (nSPS) is 16.5. The van der Waals surface area contributed by atoms with Crippen LogP contribution in [0.5, 0.6) is 5.75 Å². The lowest BCUT2D eigenvalue weighted by Crippen LogP contribution is -2.47. The number of rotatable bonds is 11. The first-order valence-corrected chi connectivity index (χ1v) is 21.5. The molecule has 62 heavy (non-hydrogen) atoms. The lowest BCUT2D eigenvalue weighted by Gasteiger charge is -2.43. The van der Waals surface area contributed by atoms with Crippen LogP contribution in [0, 0.1) is 0 Å². The summed E-state index contributed by atoms with van der Waals surface area (Å²) in [6.07, 6.45) is 13.5. The van der Waals surface area contributed by atoms with E-state index in [1.807, 2.05) is 40.3 Å². The SMILES string of the molecule is C=C(NCC(=O)N1CCC[C@H]1c1ncc(-c2ccc3c(c2)C2(C=C(c4ccc(-c5cnc[nH]5)cc4)O3)COC2)[nH]1)OC.CCC.CCC.COC(=O)NCC(=C=O)N1CCCC1. The zero-order valence-electron chi connectivity index (χ0n) is 37.0. The van der Waals surface area contributed by atoms with Crippen LogP contribution in [0.4, 0.5) is 4.79 Å². The van der Waals surface area contributed by atoms with Gasteiger partial charge in [0.2, 0.25) is 5.91 Å². The van der Waals surface area contributed by atoms with Crippen molar-refractivity contribution in [1.29, 1.82) is 0 Å². The number of imidazole rings is 2. The summed E-state index contributed by atoms with van der Waals surface area (Å²) >= 11 is 0. The van der Waals surface area contributed by atoms with E-state index < -0.39 is 6.09 Å². The predicted octanol–water partition coefficient (Wildman–Crippen LogP) is 7.53. The van der Waals surface area contributed by atoms with Crippen LogP contribution in [0.15, 0.2) is 85.4 Å². The Hall–Kier alpha value is -6.31. The molecular formula is C47H62N8O7. The summed E-state index contributed by atoms with van der Waals surface area (Å²) in [6.45, 7) is 16.2. The number of methoxy groups -OCH3 is 2. The largest absolute Gasteiger partial charge is 0.483 e. The average Bonchev–Trinajstić information content (AvgIpc) is 4.14. The highest BCUT2D eigenvalue weighted by Crippen LogP contribution is 2.47. The summed E-state index contributed by atoms with van der Waals surface area (Å²) in [6, 6.07) is 14.4. The molecule has 0 bridgehead atoms. The molecule has 6 heterocycles. The van der Waals surface area contributed by atoms with E-state index in [4.69, 9.17) is 19.2 Å². The lowest BCUT2D eigenvalue weighted by atomic mass is 9.75. The Kier molecular flexibility index (Phi) is 17.4. The molecule has 1 atom stereocenters. The maximum atomic E-state index is 12.9. The van der Waals surface area contributed by atoms with Crippen LogP contribution in [-0.4, -0.2) is 108 Å². The molecule has 2 amide bonds. The molecule has 4 aliphatic heterocycles. The quantitative estimate of drug-likeness (QED) is 0.0868. The van der Waals surface area contributed by atoms with Gasteiger partial charge in [-0.05, 0) is 62.1 Å². The Bertz CT molecular complexity index is 2150. The zero-order chi connectivity index (χ0) is 44.5. The number of H-pyrrole nitrogens is 2. The fraction of sp³-hybridized carbons (Fsp3) is 0.447. The van der Waals surface area contributed by atoms with Crippen LogP contribution in [0.2, 0.25) is 0 Å². The first-order chi connectivity index (χ1) is 30.1. The molecular weight excluding hydrogens is 789 g/mol. The minimum absolute atomic E-state index is 0.00922. The summed E-state index contributed by atoms with van der Waals surface area (Å²) in [4.78, 5) is 53.5. The monoisotopic (exact) mass is 850 g/mol. The topological polar surface area (TPSA) is 176 Å². The van der Waals surface area contributed by atoms with E-state index in [0.29, 0.717) is 31.3 Å². The summed E-state index contributed by atoms with van der Waals surface area (Å²) in [7, 11) is 2.81. The van der Waals surface area contributed by atoms with Crippen LogP contribution >= 0.6 is 0 Å². The fourth-order valence-corrected chi connectivity index (χ4v) is 7.36. The number of benzene rings is 2. The van der Waals surface area contributed by atoms with Gasteiger partial charge in [0.1, 0.15) is 29.0 Å². The van der Waals surface area contributed by atoms with Gasteiger partial charge in [-0.3, -0.25) is 4.79 Å². The van der Waals surface area contributed by atoms with E-state index in [9.17, 15) is 14.4 Å². The molecule has 2 aromatic carbocycles. The van der Waals surface area contributed by atoms with Gasteiger partial charge in [-0.15, -0.1) is 0 Å². The maximum Gasteiger partial charge on any atom is 0.407 e.